The summed E-state index contributed by atoms with van der Waals surface area (Å²) in [6, 6.07) is 5.83. The number of hydrogen-bond acceptors (Lipinski definition) is 5. The van der Waals surface area contributed by atoms with Crippen LogP contribution < -0.4 is 0 Å². The van der Waals surface area contributed by atoms with Crippen LogP contribution in [0.25, 0.3) is 21.8 Å². The second-order valence-corrected chi connectivity index (χ2v) is 7.39. The molecule has 0 amide bonds. The lowest BCUT2D eigenvalue weighted by Gasteiger charge is -2.19. The van der Waals surface area contributed by atoms with Crippen LogP contribution in [-0.4, -0.2) is 52.4 Å². The zero-order chi connectivity index (χ0) is 20.5. The molecule has 6 nitrogen and oxygen atoms in total. The van der Waals surface area contributed by atoms with E-state index in [1.807, 2.05) is 18.2 Å². The summed E-state index contributed by atoms with van der Waals surface area (Å²) >= 11 is 0. The number of Topliss-reactive ketones (excluding diaryl/α,β-unsaturated/α-hetero) is 1. The molecule has 0 fully saturated rings. The molecule has 0 saturated heterocycles. The second kappa shape index (κ2) is 7.95. The van der Waals surface area contributed by atoms with E-state index >= 15 is 0 Å². The summed E-state index contributed by atoms with van der Waals surface area (Å²) in [4.78, 5) is 31.3. The molecule has 29 heavy (non-hydrogen) atoms. The van der Waals surface area contributed by atoms with Gasteiger partial charge in [-0.05, 0) is 50.2 Å². The SMILES string of the molecule is CCOC(=O)c1cc2c3c4c(ccc3n(CCN(CC)CC)c2cn1)C(=O)CC4. The molecule has 1 aromatic carbocycles. The second-order valence-electron chi connectivity index (χ2n) is 7.39. The van der Waals surface area contributed by atoms with Crippen LogP contribution in [0.15, 0.2) is 24.4 Å². The summed E-state index contributed by atoms with van der Waals surface area (Å²) in [5, 5.41) is 2.06. The van der Waals surface area contributed by atoms with Crippen molar-refractivity contribution in [2.24, 2.45) is 0 Å². The predicted octanol–water partition coefficient (Wildman–Crippen LogP) is 3.84. The molecule has 0 N–H and O–H groups in total. The van der Waals surface area contributed by atoms with E-state index in [4.69, 9.17) is 4.74 Å². The molecule has 0 spiro atoms. The number of rotatable bonds is 7. The van der Waals surface area contributed by atoms with Gasteiger partial charge in [-0.25, -0.2) is 9.78 Å². The minimum absolute atomic E-state index is 0.200. The molecular weight excluding hydrogens is 366 g/mol. The van der Waals surface area contributed by atoms with Crippen LogP contribution >= 0.6 is 0 Å². The molecule has 0 bridgehead atoms. The number of aryl methyl sites for hydroxylation is 1. The van der Waals surface area contributed by atoms with Gasteiger partial charge in [0.15, 0.2) is 5.78 Å². The van der Waals surface area contributed by atoms with E-state index in [1.54, 1.807) is 13.1 Å². The quantitative estimate of drug-likeness (QED) is 0.571. The number of benzene rings is 1. The van der Waals surface area contributed by atoms with Crippen molar-refractivity contribution in [1.82, 2.24) is 14.5 Å². The lowest BCUT2D eigenvalue weighted by atomic mass is 10.0. The van der Waals surface area contributed by atoms with Crippen molar-refractivity contribution in [2.45, 2.75) is 40.2 Å². The third-order valence-corrected chi connectivity index (χ3v) is 5.95. The molecule has 0 atom stereocenters. The number of ether oxygens (including phenoxy) is 1. The van der Waals surface area contributed by atoms with E-state index < -0.39 is 5.97 Å². The number of esters is 1. The van der Waals surface area contributed by atoms with Gasteiger partial charge >= 0.3 is 5.97 Å². The van der Waals surface area contributed by atoms with E-state index in [0.717, 1.165) is 65.5 Å². The highest BCUT2D eigenvalue weighted by molar-refractivity contribution is 6.15. The smallest absolute Gasteiger partial charge is 0.356 e. The average Bonchev–Trinajstić information content (AvgIpc) is 3.26. The molecule has 1 aliphatic carbocycles. The van der Waals surface area contributed by atoms with Crippen molar-refractivity contribution in [3.8, 4) is 0 Å². The number of nitrogens with zero attached hydrogens (tertiary/aromatic N) is 3. The number of carbonyl (C=O) groups is 2. The standard InChI is InChI=1S/C23H27N3O3/c1-4-25(5-2)11-12-26-19-9-7-15-16(8-10-21(15)27)22(19)17-13-18(23(28)29-6-3)24-14-20(17)26/h7,9,13-14H,4-6,8,10-12H2,1-3H3. The van der Waals surface area contributed by atoms with Crippen molar-refractivity contribution < 1.29 is 14.3 Å². The maximum atomic E-state index is 12.3. The summed E-state index contributed by atoms with van der Waals surface area (Å²) in [7, 11) is 0. The summed E-state index contributed by atoms with van der Waals surface area (Å²) in [5.74, 6) is -0.215. The Kier molecular flexibility index (Phi) is 5.37. The maximum Gasteiger partial charge on any atom is 0.356 e. The molecule has 3 aromatic rings. The molecule has 6 heteroatoms. The predicted molar refractivity (Wildman–Crippen MR) is 114 cm³/mol. The van der Waals surface area contributed by atoms with E-state index in [-0.39, 0.29) is 5.78 Å². The van der Waals surface area contributed by atoms with Crippen LogP contribution in [0.2, 0.25) is 0 Å². The van der Waals surface area contributed by atoms with Crippen molar-refractivity contribution in [3.05, 3.63) is 41.2 Å². The highest BCUT2D eigenvalue weighted by Gasteiger charge is 2.25. The van der Waals surface area contributed by atoms with Gasteiger partial charge in [0.1, 0.15) is 5.69 Å². The first-order valence-corrected chi connectivity index (χ1v) is 10.5. The first-order chi connectivity index (χ1) is 14.1. The summed E-state index contributed by atoms with van der Waals surface area (Å²) in [5.41, 5.74) is 4.32. The topological polar surface area (TPSA) is 64.4 Å². The van der Waals surface area contributed by atoms with Gasteiger partial charge in [-0.1, -0.05) is 13.8 Å². The van der Waals surface area contributed by atoms with Gasteiger partial charge < -0.3 is 14.2 Å². The normalized spacial score (nSPS) is 13.6. The third-order valence-electron chi connectivity index (χ3n) is 5.95. The van der Waals surface area contributed by atoms with Crippen molar-refractivity contribution in [3.63, 3.8) is 0 Å². The molecule has 0 unspecified atom stereocenters. The van der Waals surface area contributed by atoms with Crippen molar-refractivity contribution in [2.75, 3.05) is 26.2 Å². The fraction of sp³-hybridized carbons (Fsp3) is 0.435. The molecule has 0 aliphatic heterocycles. The number of likely N-dealkylation sites (N-methyl/N-ethyl adjacent to an activating group) is 1. The zero-order valence-electron chi connectivity index (χ0n) is 17.3. The van der Waals surface area contributed by atoms with Crippen molar-refractivity contribution in [1.29, 1.82) is 0 Å². The first-order valence-electron chi connectivity index (χ1n) is 10.5. The Bertz CT molecular complexity index is 1100. The summed E-state index contributed by atoms with van der Waals surface area (Å²) in [6.45, 7) is 10.2. The Morgan fingerprint density at radius 1 is 1.17 bits per heavy atom. The van der Waals surface area contributed by atoms with Gasteiger partial charge in [0, 0.05) is 41.4 Å². The van der Waals surface area contributed by atoms with Crippen molar-refractivity contribution >= 4 is 33.6 Å². The van der Waals surface area contributed by atoms with E-state index in [0.29, 0.717) is 18.7 Å². The van der Waals surface area contributed by atoms with Crippen LogP contribution in [0.3, 0.4) is 0 Å². The number of aromatic nitrogens is 2. The van der Waals surface area contributed by atoms with Crippen LogP contribution in [0, 0.1) is 0 Å². The monoisotopic (exact) mass is 393 g/mol. The molecule has 4 rings (SSSR count). The van der Waals surface area contributed by atoms with Gasteiger partial charge in [-0.2, -0.15) is 0 Å². The van der Waals surface area contributed by atoms with Gasteiger partial charge in [-0.15, -0.1) is 0 Å². The Morgan fingerprint density at radius 3 is 2.69 bits per heavy atom. The van der Waals surface area contributed by atoms with Gasteiger partial charge in [0.2, 0.25) is 0 Å². The number of pyridine rings is 1. The van der Waals surface area contributed by atoms with Crippen LogP contribution in [0.1, 0.15) is 53.6 Å². The van der Waals surface area contributed by atoms with Crippen LogP contribution in [0.4, 0.5) is 0 Å². The number of carbonyl (C=O) groups excluding carboxylic acids is 2. The van der Waals surface area contributed by atoms with Gasteiger partial charge in [-0.3, -0.25) is 4.79 Å². The lowest BCUT2D eigenvalue weighted by Crippen LogP contribution is -2.27. The molecule has 0 saturated carbocycles. The Morgan fingerprint density at radius 2 is 1.97 bits per heavy atom. The summed E-state index contributed by atoms with van der Waals surface area (Å²) < 4.78 is 7.42. The fourth-order valence-corrected chi connectivity index (χ4v) is 4.39. The van der Waals surface area contributed by atoms with Crippen LogP contribution in [0.5, 0.6) is 0 Å². The molecule has 2 heterocycles. The maximum absolute atomic E-state index is 12.3. The molecule has 0 radical (unpaired) electrons. The number of hydrogen-bond donors (Lipinski definition) is 0. The molecule has 1 aliphatic rings. The Balaban J connectivity index is 1.92. The molecule has 2 aromatic heterocycles. The minimum atomic E-state index is -0.415. The van der Waals surface area contributed by atoms with E-state index in [1.165, 1.54) is 0 Å². The molecular formula is C23H27N3O3. The third kappa shape index (κ3) is 3.31. The van der Waals surface area contributed by atoms with E-state index in [9.17, 15) is 9.59 Å². The largest absolute Gasteiger partial charge is 0.461 e. The van der Waals surface area contributed by atoms with Gasteiger partial charge in [0.05, 0.1) is 18.3 Å². The summed E-state index contributed by atoms with van der Waals surface area (Å²) in [6.07, 6.45) is 3.07. The number of ketones is 1. The highest BCUT2D eigenvalue weighted by atomic mass is 16.5. The lowest BCUT2D eigenvalue weighted by molar-refractivity contribution is 0.0519. The molecule has 152 valence electrons. The highest BCUT2D eigenvalue weighted by Crippen LogP contribution is 2.37. The zero-order valence-corrected chi connectivity index (χ0v) is 17.3. The minimum Gasteiger partial charge on any atom is -0.461 e. The van der Waals surface area contributed by atoms with Crippen LogP contribution in [-0.2, 0) is 17.7 Å². The van der Waals surface area contributed by atoms with Gasteiger partial charge in [0.25, 0.3) is 0 Å². The Labute approximate surface area is 170 Å². The first kappa shape index (κ1) is 19.6. The Hall–Kier alpha value is -2.73. The van der Waals surface area contributed by atoms with E-state index in [2.05, 4.69) is 28.3 Å². The fourth-order valence-electron chi connectivity index (χ4n) is 4.39. The number of fused-ring (bicyclic) bond motifs is 5. The average molecular weight is 393 g/mol.